The molecule has 10 heteroatoms. The number of carbonyl (C=O) groups is 1. The number of carbonyl (C=O) groups excluding carboxylic acids is 1. The molecule has 0 saturated heterocycles. The first-order valence-electron chi connectivity index (χ1n) is 10.4. The molecule has 0 radical (unpaired) electrons. The molecule has 5 rings (SSSR count). The largest absolute Gasteiger partial charge is 0.334 e. The molecule has 1 unspecified atom stereocenters. The lowest BCUT2D eigenvalue weighted by atomic mass is 9.94. The van der Waals surface area contributed by atoms with Crippen LogP contribution in [0.1, 0.15) is 24.4 Å². The van der Waals surface area contributed by atoms with Crippen molar-refractivity contribution in [3.05, 3.63) is 106 Å². The zero-order valence-corrected chi connectivity index (χ0v) is 18.9. The van der Waals surface area contributed by atoms with Crippen molar-refractivity contribution < 1.29 is 22.5 Å². The summed E-state index contributed by atoms with van der Waals surface area (Å²) in [5.41, 5.74) is 2.14. The van der Waals surface area contributed by atoms with Crippen LogP contribution >= 0.6 is 11.6 Å². The van der Waals surface area contributed by atoms with Crippen LogP contribution in [0.4, 0.5) is 23.7 Å². The Bertz CT molecular complexity index is 1450. The van der Waals surface area contributed by atoms with E-state index in [9.17, 15) is 18.0 Å². The van der Waals surface area contributed by atoms with Crippen molar-refractivity contribution in [2.24, 2.45) is 0 Å². The number of anilines is 1. The molecule has 176 valence electrons. The van der Waals surface area contributed by atoms with E-state index >= 15 is 0 Å². The Morgan fingerprint density at radius 1 is 0.971 bits per heavy atom. The second-order valence-corrected chi connectivity index (χ2v) is 8.23. The predicted octanol–water partition coefficient (Wildman–Crippen LogP) is 6.51. The van der Waals surface area contributed by atoms with Gasteiger partial charge in [-0.15, -0.1) is 0 Å². The summed E-state index contributed by atoms with van der Waals surface area (Å²) in [6.45, 7) is 1.64. The summed E-state index contributed by atoms with van der Waals surface area (Å²) < 4.78 is 46.4. The van der Waals surface area contributed by atoms with Crippen molar-refractivity contribution in [1.29, 1.82) is 0 Å². The first-order valence-corrected chi connectivity index (χ1v) is 10.8. The lowest BCUT2D eigenvalue weighted by Gasteiger charge is -2.35. The fraction of sp³-hybridized carbons (Fsp3) is 0.0800. The van der Waals surface area contributed by atoms with Crippen LogP contribution in [0.3, 0.4) is 0 Å². The number of hydrogen-bond acceptors (Lipinski definition) is 4. The fourth-order valence-electron chi connectivity index (χ4n) is 3.91. The van der Waals surface area contributed by atoms with Gasteiger partial charge in [0.1, 0.15) is 5.82 Å². The molecule has 0 aliphatic carbocycles. The highest BCUT2D eigenvalue weighted by Crippen LogP contribution is 2.39. The molecule has 1 N–H and O–H groups in total. The third-order valence-corrected chi connectivity index (χ3v) is 5.86. The smallest absolute Gasteiger partial charge is 0.327 e. The molecule has 0 saturated carbocycles. The van der Waals surface area contributed by atoms with Crippen molar-refractivity contribution in [3.63, 3.8) is 0 Å². The van der Waals surface area contributed by atoms with E-state index in [0.29, 0.717) is 27.4 Å². The van der Waals surface area contributed by atoms with E-state index < -0.39 is 29.5 Å². The third kappa shape index (κ3) is 4.26. The molecule has 2 amide bonds. The van der Waals surface area contributed by atoms with Gasteiger partial charge in [0.2, 0.25) is 5.82 Å². The Balaban J connectivity index is 1.65. The van der Waals surface area contributed by atoms with Crippen LogP contribution in [0.2, 0.25) is 5.02 Å². The third-order valence-electron chi connectivity index (χ3n) is 5.61. The van der Waals surface area contributed by atoms with E-state index in [-0.39, 0.29) is 17.4 Å². The minimum Gasteiger partial charge on any atom is -0.334 e. The highest BCUT2D eigenvalue weighted by molar-refractivity contribution is 6.30. The Kier molecular flexibility index (Phi) is 5.78. The standard InChI is InChI=1S/C25H16ClF3N4O2/c1-13-21(24-31-23(32-35-24)15-4-8-17(27)9-5-15)22(14-2-6-16(26)7-3-14)30-25(34)33(13)18-10-11-19(28)20(29)12-18/h2-12,22H,1H3,(H,30,34). The van der Waals surface area contributed by atoms with Crippen molar-refractivity contribution in [2.75, 3.05) is 4.90 Å². The minimum absolute atomic E-state index is 0.0920. The van der Waals surface area contributed by atoms with Gasteiger partial charge in [-0.05, 0) is 61.0 Å². The first kappa shape index (κ1) is 22.7. The molecule has 0 spiro atoms. The van der Waals surface area contributed by atoms with Gasteiger partial charge < -0.3 is 9.84 Å². The van der Waals surface area contributed by atoms with E-state index in [2.05, 4.69) is 15.5 Å². The lowest BCUT2D eigenvalue weighted by Crippen LogP contribution is -2.46. The Hall–Kier alpha value is -4.11. The van der Waals surface area contributed by atoms with Gasteiger partial charge in [0.25, 0.3) is 5.89 Å². The number of benzene rings is 3. The van der Waals surface area contributed by atoms with Gasteiger partial charge >= 0.3 is 6.03 Å². The SMILES string of the molecule is CC1=C(c2nc(-c3ccc(F)cc3)no2)C(c2ccc(Cl)cc2)NC(=O)N1c1ccc(F)c(F)c1. The maximum atomic E-state index is 14.0. The minimum atomic E-state index is -1.10. The molecular weight excluding hydrogens is 481 g/mol. The van der Waals surface area contributed by atoms with Crippen LogP contribution < -0.4 is 10.2 Å². The lowest BCUT2D eigenvalue weighted by molar-refractivity contribution is 0.244. The number of hydrogen-bond donors (Lipinski definition) is 1. The normalized spacial score (nSPS) is 16.0. The second kappa shape index (κ2) is 8.92. The van der Waals surface area contributed by atoms with E-state index in [1.54, 1.807) is 31.2 Å². The molecule has 1 aromatic heterocycles. The number of rotatable bonds is 4. The topological polar surface area (TPSA) is 71.3 Å². The highest BCUT2D eigenvalue weighted by atomic mass is 35.5. The predicted molar refractivity (Wildman–Crippen MR) is 124 cm³/mol. The average Bonchev–Trinajstić information content (AvgIpc) is 3.31. The quantitative estimate of drug-likeness (QED) is 0.349. The summed E-state index contributed by atoms with van der Waals surface area (Å²) >= 11 is 6.03. The number of amides is 2. The van der Waals surface area contributed by atoms with Crippen molar-refractivity contribution in [2.45, 2.75) is 13.0 Å². The monoisotopic (exact) mass is 496 g/mol. The van der Waals surface area contributed by atoms with Crippen molar-refractivity contribution >= 4 is 28.9 Å². The zero-order chi connectivity index (χ0) is 24.7. The van der Waals surface area contributed by atoms with Gasteiger partial charge in [-0.1, -0.05) is 28.9 Å². The molecule has 2 heterocycles. The Morgan fingerprint density at radius 2 is 1.69 bits per heavy atom. The second-order valence-electron chi connectivity index (χ2n) is 7.80. The maximum absolute atomic E-state index is 14.0. The number of allylic oxidation sites excluding steroid dienone is 1. The zero-order valence-electron chi connectivity index (χ0n) is 18.1. The molecule has 3 aromatic carbocycles. The van der Waals surface area contributed by atoms with Gasteiger partial charge in [-0.3, -0.25) is 4.90 Å². The fourth-order valence-corrected chi connectivity index (χ4v) is 4.04. The summed E-state index contributed by atoms with van der Waals surface area (Å²) in [4.78, 5) is 18.8. The molecule has 1 aliphatic heterocycles. The number of aromatic nitrogens is 2. The molecule has 6 nitrogen and oxygen atoms in total. The van der Waals surface area contributed by atoms with Crippen molar-refractivity contribution in [3.8, 4) is 11.4 Å². The molecule has 1 atom stereocenters. The molecule has 4 aromatic rings. The molecular formula is C25H16ClF3N4O2. The summed E-state index contributed by atoms with van der Waals surface area (Å²) in [5.74, 6) is -2.23. The number of urea groups is 1. The molecule has 0 bridgehead atoms. The van der Waals surface area contributed by atoms with Gasteiger partial charge in [-0.2, -0.15) is 4.98 Å². The van der Waals surface area contributed by atoms with Crippen LogP contribution in [0.15, 0.2) is 77.0 Å². The van der Waals surface area contributed by atoms with E-state index in [4.69, 9.17) is 16.1 Å². The number of halogens is 4. The maximum Gasteiger partial charge on any atom is 0.327 e. The van der Waals surface area contributed by atoms with Crippen LogP contribution in [-0.2, 0) is 0 Å². The van der Waals surface area contributed by atoms with Gasteiger partial charge in [0.15, 0.2) is 11.6 Å². The molecule has 35 heavy (non-hydrogen) atoms. The van der Waals surface area contributed by atoms with Crippen LogP contribution in [0.5, 0.6) is 0 Å². The Labute approximate surface area is 202 Å². The first-order chi connectivity index (χ1) is 16.8. The highest BCUT2D eigenvalue weighted by Gasteiger charge is 2.36. The van der Waals surface area contributed by atoms with Crippen LogP contribution in [0, 0.1) is 17.5 Å². The van der Waals surface area contributed by atoms with Gasteiger partial charge in [0, 0.05) is 22.3 Å². The summed E-state index contributed by atoms with van der Waals surface area (Å²) in [5, 5.41) is 7.38. The van der Waals surface area contributed by atoms with Crippen LogP contribution in [0.25, 0.3) is 17.0 Å². The van der Waals surface area contributed by atoms with Crippen molar-refractivity contribution in [1.82, 2.24) is 15.5 Å². The van der Waals surface area contributed by atoms with E-state index in [0.717, 1.165) is 12.1 Å². The molecule has 1 aliphatic rings. The number of nitrogens with one attached hydrogen (secondary N) is 1. The van der Waals surface area contributed by atoms with Gasteiger partial charge in [-0.25, -0.2) is 18.0 Å². The number of nitrogens with zero attached hydrogens (tertiary/aromatic N) is 3. The van der Waals surface area contributed by atoms with Gasteiger partial charge in [0.05, 0.1) is 17.3 Å². The Morgan fingerprint density at radius 3 is 2.37 bits per heavy atom. The molecule has 0 fully saturated rings. The van der Waals surface area contributed by atoms with Crippen LogP contribution in [-0.4, -0.2) is 16.2 Å². The van der Waals surface area contributed by atoms with E-state index in [1.165, 1.54) is 35.2 Å². The summed E-state index contributed by atoms with van der Waals surface area (Å²) in [6, 6.07) is 14.3. The average molecular weight is 497 g/mol. The van der Waals surface area contributed by atoms with E-state index in [1.807, 2.05) is 0 Å². The summed E-state index contributed by atoms with van der Waals surface area (Å²) in [7, 11) is 0. The summed E-state index contributed by atoms with van der Waals surface area (Å²) in [6.07, 6.45) is 0.